The number of piperidine rings is 2. The van der Waals surface area contributed by atoms with Gasteiger partial charge in [-0.05, 0) is 43.6 Å². The average molecular weight is 423 g/mol. The first-order chi connectivity index (χ1) is 15.1. The van der Waals surface area contributed by atoms with E-state index in [9.17, 15) is 9.59 Å². The zero-order chi connectivity index (χ0) is 21.8. The lowest BCUT2D eigenvalue weighted by molar-refractivity contribution is -0.138. The zero-order valence-corrected chi connectivity index (χ0v) is 18.8. The molecule has 2 amide bonds. The van der Waals surface area contributed by atoms with Crippen molar-refractivity contribution in [2.45, 2.75) is 52.5 Å². The Morgan fingerprint density at radius 2 is 1.77 bits per heavy atom. The Morgan fingerprint density at radius 1 is 1.03 bits per heavy atom. The monoisotopic (exact) mass is 422 g/mol. The van der Waals surface area contributed by atoms with E-state index in [1.807, 2.05) is 27.8 Å². The normalized spacial score (nSPS) is 20.1. The molecule has 2 fully saturated rings. The van der Waals surface area contributed by atoms with Gasteiger partial charge in [-0.1, -0.05) is 44.2 Å². The summed E-state index contributed by atoms with van der Waals surface area (Å²) in [6.07, 6.45) is 6.32. The van der Waals surface area contributed by atoms with Gasteiger partial charge in [0.05, 0.1) is 24.0 Å². The van der Waals surface area contributed by atoms with Crippen molar-refractivity contribution in [3.05, 3.63) is 53.3 Å². The molecule has 166 valence electrons. The van der Waals surface area contributed by atoms with E-state index in [-0.39, 0.29) is 11.8 Å². The van der Waals surface area contributed by atoms with Crippen molar-refractivity contribution in [1.82, 2.24) is 19.6 Å². The number of aromatic nitrogens is 2. The van der Waals surface area contributed by atoms with Crippen LogP contribution in [0.2, 0.25) is 0 Å². The lowest BCUT2D eigenvalue weighted by Crippen LogP contribution is -2.47. The summed E-state index contributed by atoms with van der Waals surface area (Å²) in [6.45, 7) is 8.03. The molecule has 0 radical (unpaired) electrons. The van der Waals surface area contributed by atoms with Gasteiger partial charge in [0.2, 0.25) is 5.91 Å². The SMILES string of the molecule is CCc1c(C(=O)N2CCC(C(=O)N3CCCC(C)C3)CC2)cnn1Cc1ccccc1. The molecule has 6 heteroatoms. The van der Waals surface area contributed by atoms with Crippen LogP contribution in [0.15, 0.2) is 36.5 Å². The van der Waals surface area contributed by atoms with Gasteiger partial charge in [0.15, 0.2) is 0 Å². The fourth-order valence-electron chi connectivity index (χ4n) is 5.00. The molecule has 6 nitrogen and oxygen atoms in total. The maximum absolute atomic E-state index is 13.2. The molecule has 0 bridgehead atoms. The molecule has 4 rings (SSSR count). The number of carbonyl (C=O) groups is 2. The van der Waals surface area contributed by atoms with Crippen LogP contribution in [-0.4, -0.2) is 57.6 Å². The van der Waals surface area contributed by atoms with Crippen LogP contribution in [0.4, 0.5) is 0 Å². The van der Waals surface area contributed by atoms with E-state index in [4.69, 9.17) is 0 Å². The Hall–Kier alpha value is -2.63. The molecule has 2 aliphatic rings. The van der Waals surface area contributed by atoms with Gasteiger partial charge in [-0.15, -0.1) is 0 Å². The molecule has 0 aliphatic carbocycles. The minimum atomic E-state index is 0.0497. The molecule has 0 spiro atoms. The molecule has 2 aliphatic heterocycles. The van der Waals surface area contributed by atoms with E-state index in [2.05, 4.69) is 36.0 Å². The molecule has 0 N–H and O–H groups in total. The first-order valence-electron chi connectivity index (χ1n) is 11.7. The molecular formula is C25H34N4O2. The second kappa shape index (κ2) is 9.67. The number of nitrogens with zero attached hydrogens (tertiary/aromatic N) is 4. The predicted molar refractivity (Wildman–Crippen MR) is 121 cm³/mol. The Bertz CT molecular complexity index is 900. The third-order valence-corrected chi connectivity index (χ3v) is 6.79. The highest BCUT2D eigenvalue weighted by molar-refractivity contribution is 5.95. The average Bonchev–Trinajstić information content (AvgIpc) is 3.21. The Labute approximate surface area is 185 Å². The quantitative estimate of drug-likeness (QED) is 0.740. The number of carbonyl (C=O) groups excluding carboxylic acids is 2. The summed E-state index contributed by atoms with van der Waals surface area (Å²) in [5, 5.41) is 4.52. The van der Waals surface area contributed by atoms with E-state index in [0.717, 1.165) is 44.5 Å². The van der Waals surface area contributed by atoms with E-state index in [1.54, 1.807) is 6.20 Å². The van der Waals surface area contributed by atoms with Crippen LogP contribution in [0, 0.1) is 11.8 Å². The highest BCUT2D eigenvalue weighted by Crippen LogP contribution is 2.25. The predicted octanol–water partition coefficient (Wildman–Crippen LogP) is 3.60. The molecule has 1 atom stereocenters. The highest BCUT2D eigenvalue weighted by atomic mass is 16.2. The van der Waals surface area contributed by atoms with Crippen LogP contribution >= 0.6 is 0 Å². The highest BCUT2D eigenvalue weighted by Gasteiger charge is 2.33. The molecule has 1 unspecified atom stereocenters. The number of rotatable bonds is 5. The standard InChI is InChI=1S/C25H34N4O2/c1-3-23-22(16-26-29(23)18-20-9-5-4-6-10-20)25(31)27-14-11-21(12-15-27)24(30)28-13-7-8-19(2)17-28/h4-6,9-10,16,19,21H,3,7-8,11-15,17-18H2,1-2H3. The zero-order valence-electron chi connectivity index (χ0n) is 18.8. The summed E-state index contributed by atoms with van der Waals surface area (Å²) >= 11 is 0. The van der Waals surface area contributed by atoms with Gasteiger partial charge < -0.3 is 9.80 Å². The summed E-state index contributed by atoms with van der Waals surface area (Å²) in [4.78, 5) is 30.1. The van der Waals surface area contributed by atoms with Crippen molar-refractivity contribution in [3.8, 4) is 0 Å². The number of amides is 2. The Kier molecular flexibility index (Phi) is 6.73. The van der Waals surface area contributed by atoms with E-state index >= 15 is 0 Å². The van der Waals surface area contributed by atoms with Crippen LogP contribution in [0.1, 0.15) is 61.1 Å². The summed E-state index contributed by atoms with van der Waals surface area (Å²) in [6, 6.07) is 10.2. The van der Waals surface area contributed by atoms with Gasteiger partial charge in [-0.2, -0.15) is 5.10 Å². The molecule has 31 heavy (non-hydrogen) atoms. The molecule has 0 saturated carbocycles. The van der Waals surface area contributed by atoms with Gasteiger partial charge in [0, 0.05) is 32.1 Å². The van der Waals surface area contributed by atoms with Gasteiger partial charge in [-0.25, -0.2) is 0 Å². The largest absolute Gasteiger partial charge is 0.342 e. The molecular weight excluding hydrogens is 388 g/mol. The van der Waals surface area contributed by atoms with Gasteiger partial charge in [0.1, 0.15) is 0 Å². The third kappa shape index (κ3) is 4.83. The van der Waals surface area contributed by atoms with Crippen LogP contribution in [0.25, 0.3) is 0 Å². The topological polar surface area (TPSA) is 58.4 Å². The summed E-state index contributed by atoms with van der Waals surface area (Å²) in [7, 11) is 0. The van der Waals surface area contributed by atoms with Gasteiger partial charge >= 0.3 is 0 Å². The first kappa shape index (κ1) is 21.6. The van der Waals surface area contributed by atoms with Crippen LogP contribution < -0.4 is 0 Å². The van der Waals surface area contributed by atoms with Crippen LogP contribution in [0.5, 0.6) is 0 Å². The fraction of sp³-hybridized carbons (Fsp3) is 0.560. The molecule has 3 heterocycles. The number of hydrogen-bond acceptors (Lipinski definition) is 3. The number of likely N-dealkylation sites (tertiary alicyclic amines) is 2. The van der Waals surface area contributed by atoms with Crippen LogP contribution in [-0.2, 0) is 17.8 Å². The van der Waals surface area contributed by atoms with E-state index in [1.165, 1.54) is 12.0 Å². The van der Waals surface area contributed by atoms with Gasteiger partial charge in [-0.3, -0.25) is 14.3 Å². The second-order valence-electron chi connectivity index (χ2n) is 9.10. The van der Waals surface area contributed by atoms with Crippen molar-refractivity contribution in [3.63, 3.8) is 0 Å². The van der Waals surface area contributed by atoms with Crippen molar-refractivity contribution in [2.24, 2.45) is 11.8 Å². The summed E-state index contributed by atoms with van der Waals surface area (Å²) < 4.78 is 1.94. The number of benzene rings is 1. The Morgan fingerprint density at radius 3 is 2.45 bits per heavy atom. The minimum absolute atomic E-state index is 0.0497. The smallest absolute Gasteiger partial charge is 0.257 e. The molecule has 2 aromatic rings. The van der Waals surface area contributed by atoms with Crippen molar-refractivity contribution < 1.29 is 9.59 Å². The van der Waals surface area contributed by atoms with Crippen molar-refractivity contribution in [1.29, 1.82) is 0 Å². The fourth-order valence-corrected chi connectivity index (χ4v) is 5.00. The number of hydrogen-bond donors (Lipinski definition) is 0. The van der Waals surface area contributed by atoms with E-state index in [0.29, 0.717) is 37.0 Å². The lowest BCUT2D eigenvalue weighted by Gasteiger charge is -2.37. The second-order valence-corrected chi connectivity index (χ2v) is 9.10. The summed E-state index contributed by atoms with van der Waals surface area (Å²) in [5.41, 5.74) is 2.85. The lowest BCUT2D eigenvalue weighted by atomic mass is 9.92. The molecule has 2 saturated heterocycles. The maximum atomic E-state index is 13.2. The van der Waals surface area contributed by atoms with Crippen LogP contribution in [0.3, 0.4) is 0 Å². The van der Waals surface area contributed by atoms with Crippen molar-refractivity contribution >= 4 is 11.8 Å². The van der Waals surface area contributed by atoms with Gasteiger partial charge in [0.25, 0.3) is 5.91 Å². The first-order valence-corrected chi connectivity index (χ1v) is 11.7. The Balaban J connectivity index is 1.38. The maximum Gasteiger partial charge on any atom is 0.257 e. The van der Waals surface area contributed by atoms with Crippen molar-refractivity contribution in [2.75, 3.05) is 26.2 Å². The minimum Gasteiger partial charge on any atom is -0.342 e. The van der Waals surface area contributed by atoms with E-state index < -0.39 is 0 Å². The molecule has 1 aromatic heterocycles. The molecule has 1 aromatic carbocycles. The third-order valence-electron chi connectivity index (χ3n) is 6.79. The summed E-state index contributed by atoms with van der Waals surface area (Å²) in [5.74, 6) is 0.997.